The molecule has 1 rings (SSSR count). The van der Waals surface area contributed by atoms with Gasteiger partial charge in [-0.25, -0.2) is 0 Å². The first kappa shape index (κ1) is 15.6. The molecule has 1 aromatic rings. The fourth-order valence-corrected chi connectivity index (χ4v) is 1.61. The molecule has 0 heterocycles. The second-order valence-corrected chi connectivity index (χ2v) is 3.97. The Morgan fingerprint density at radius 1 is 1.21 bits per heavy atom. The summed E-state index contributed by atoms with van der Waals surface area (Å²) in [7, 11) is 0. The van der Waals surface area contributed by atoms with Crippen molar-refractivity contribution in [3.05, 3.63) is 23.8 Å². The molecular weight excluding hydrogens is 261 g/mol. The van der Waals surface area contributed by atoms with Gasteiger partial charge in [0, 0.05) is 0 Å². The highest BCUT2D eigenvalue weighted by molar-refractivity contribution is 5.46. The van der Waals surface area contributed by atoms with Crippen molar-refractivity contribution in [3.63, 3.8) is 0 Å². The Balaban J connectivity index is 2.90. The molecule has 0 spiro atoms. The molecule has 19 heavy (non-hydrogen) atoms. The highest BCUT2D eigenvalue weighted by Crippen LogP contribution is 2.33. The number of alkyl halides is 3. The quantitative estimate of drug-likeness (QED) is 0.833. The maximum Gasteiger partial charge on any atom is 0.422 e. The highest BCUT2D eigenvalue weighted by atomic mass is 19.4. The topological polar surface area (TPSA) is 38.7 Å². The molecule has 0 unspecified atom stereocenters. The van der Waals surface area contributed by atoms with Crippen molar-refractivity contribution in [2.45, 2.75) is 25.9 Å². The third-order valence-corrected chi connectivity index (χ3v) is 2.31. The number of halogens is 3. The molecule has 3 nitrogen and oxygen atoms in total. The van der Waals surface area contributed by atoms with E-state index in [0.29, 0.717) is 6.42 Å². The Bertz CT molecular complexity index is 391. The first-order valence-corrected chi connectivity index (χ1v) is 6.03. The van der Waals surface area contributed by atoms with Crippen LogP contribution in [-0.4, -0.2) is 31.1 Å². The number of aryl methyl sites for hydroxylation is 1. The van der Waals surface area contributed by atoms with Crippen molar-refractivity contribution in [2.24, 2.45) is 0 Å². The van der Waals surface area contributed by atoms with E-state index in [1.54, 1.807) is 12.1 Å². The Hall–Kier alpha value is -1.43. The normalized spacial score (nSPS) is 11.4. The largest absolute Gasteiger partial charge is 0.487 e. The summed E-state index contributed by atoms with van der Waals surface area (Å²) in [5, 5.41) is 8.75. The van der Waals surface area contributed by atoms with Crippen molar-refractivity contribution in [3.8, 4) is 11.5 Å². The molecule has 0 aliphatic heterocycles. The number of rotatable bonds is 7. The smallest absolute Gasteiger partial charge is 0.422 e. The summed E-state index contributed by atoms with van der Waals surface area (Å²) < 4.78 is 46.6. The van der Waals surface area contributed by atoms with Crippen molar-refractivity contribution in [2.75, 3.05) is 19.8 Å². The van der Waals surface area contributed by atoms with E-state index in [4.69, 9.17) is 14.6 Å². The lowest BCUT2D eigenvalue weighted by Gasteiger charge is -2.16. The zero-order valence-electron chi connectivity index (χ0n) is 10.7. The van der Waals surface area contributed by atoms with E-state index in [9.17, 15) is 13.2 Å². The average Bonchev–Trinajstić information content (AvgIpc) is 2.34. The summed E-state index contributed by atoms with van der Waals surface area (Å²) >= 11 is 0. The van der Waals surface area contributed by atoms with Crippen LogP contribution in [0.15, 0.2) is 18.2 Å². The molecule has 1 N–H and O–H groups in total. The van der Waals surface area contributed by atoms with Crippen LogP contribution < -0.4 is 9.47 Å². The van der Waals surface area contributed by atoms with Gasteiger partial charge in [0.1, 0.15) is 6.61 Å². The minimum absolute atomic E-state index is 0.0170. The van der Waals surface area contributed by atoms with Gasteiger partial charge in [-0.05, 0) is 18.1 Å². The molecule has 6 heteroatoms. The summed E-state index contributed by atoms with van der Waals surface area (Å²) in [4.78, 5) is 0. The Kier molecular flexibility index (Phi) is 5.95. The van der Waals surface area contributed by atoms with Crippen molar-refractivity contribution >= 4 is 0 Å². The van der Waals surface area contributed by atoms with E-state index in [1.807, 2.05) is 6.92 Å². The number of benzene rings is 1. The lowest BCUT2D eigenvalue weighted by atomic mass is 10.1. The first-order chi connectivity index (χ1) is 8.98. The van der Waals surface area contributed by atoms with Crippen LogP contribution in [0, 0.1) is 0 Å². The zero-order chi connectivity index (χ0) is 14.3. The van der Waals surface area contributed by atoms with E-state index in [2.05, 4.69) is 0 Å². The van der Waals surface area contributed by atoms with Crippen LogP contribution in [0.25, 0.3) is 0 Å². The lowest BCUT2D eigenvalue weighted by molar-refractivity contribution is -0.153. The number of aliphatic hydroxyl groups excluding tert-OH is 1. The van der Waals surface area contributed by atoms with Gasteiger partial charge in [0.05, 0.1) is 6.61 Å². The molecule has 0 aromatic heterocycles. The molecule has 0 fully saturated rings. The van der Waals surface area contributed by atoms with Crippen molar-refractivity contribution in [1.82, 2.24) is 0 Å². The summed E-state index contributed by atoms with van der Waals surface area (Å²) in [6.07, 6.45) is -2.89. The predicted octanol–water partition coefficient (Wildman–Crippen LogP) is 2.95. The lowest BCUT2D eigenvalue weighted by Crippen LogP contribution is -2.19. The average molecular weight is 278 g/mol. The van der Waals surface area contributed by atoms with E-state index in [1.165, 1.54) is 6.07 Å². The van der Waals surface area contributed by atoms with Crippen molar-refractivity contribution in [1.29, 1.82) is 0 Å². The molecule has 108 valence electrons. The van der Waals surface area contributed by atoms with Gasteiger partial charge in [0.15, 0.2) is 18.1 Å². The van der Waals surface area contributed by atoms with Gasteiger partial charge in [0.2, 0.25) is 0 Å². The van der Waals surface area contributed by atoms with Gasteiger partial charge >= 0.3 is 6.18 Å². The van der Waals surface area contributed by atoms with Gasteiger partial charge < -0.3 is 14.6 Å². The minimum atomic E-state index is -4.39. The van der Waals surface area contributed by atoms with Crippen molar-refractivity contribution < 1.29 is 27.8 Å². The Morgan fingerprint density at radius 2 is 1.95 bits per heavy atom. The fourth-order valence-electron chi connectivity index (χ4n) is 1.61. The minimum Gasteiger partial charge on any atom is -0.487 e. The van der Waals surface area contributed by atoms with Crippen LogP contribution in [0.2, 0.25) is 0 Å². The molecule has 0 radical (unpaired) electrons. The molecule has 0 bridgehead atoms. The molecule has 1 aromatic carbocycles. The maximum absolute atomic E-state index is 12.2. The summed E-state index contributed by atoms with van der Waals surface area (Å²) in [6.45, 7) is 0.402. The van der Waals surface area contributed by atoms with Crippen LogP contribution in [0.1, 0.15) is 18.9 Å². The van der Waals surface area contributed by atoms with Crippen LogP contribution in [0.5, 0.6) is 11.5 Å². The molecule has 0 aliphatic carbocycles. The third-order valence-electron chi connectivity index (χ3n) is 2.31. The van der Waals surface area contributed by atoms with E-state index >= 15 is 0 Å². The van der Waals surface area contributed by atoms with E-state index in [0.717, 1.165) is 12.0 Å². The van der Waals surface area contributed by atoms with Gasteiger partial charge in [-0.3, -0.25) is 0 Å². The molecule has 0 saturated heterocycles. The zero-order valence-corrected chi connectivity index (χ0v) is 10.7. The molecule has 0 atom stereocenters. The second-order valence-electron chi connectivity index (χ2n) is 3.97. The number of hydrogen-bond acceptors (Lipinski definition) is 3. The number of aliphatic hydroxyl groups is 1. The molecule has 0 aliphatic rings. The van der Waals surface area contributed by atoms with Crippen LogP contribution in [-0.2, 0) is 6.42 Å². The fraction of sp³-hybridized carbons (Fsp3) is 0.538. The maximum atomic E-state index is 12.2. The van der Waals surface area contributed by atoms with Gasteiger partial charge in [-0.1, -0.05) is 25.5 Å². The monoisotopic (exact) mass is 278 g/mol. The summed E-state index contributed by atoms with van der Waals surface area (Å²) in [5.41, 5.74) is 0.774. The number of hydrogen-bond donors (Lipinski definition) is 1. The standard InChI is InChI=1S/C13H17F3O3/c1-2-4-10-5-3-6-11(12(10)18-8-7-17)19-9-13(14,15)16/h3,5-6,17H,2,4,7-9H2,1H3. The molecular formula is C13H17F3O3. The predicted molar refractivity (Wildman–Crippen MR) is 64.6 cm³/mol. The second kappa shape index (κ2) is 7.23. The van der Waals surface area contributed by atoms with Crippen LogP contribution >= 0.6 is 0 Å². The number of ether oxygens (including phenoxy) is 2. The van der Waals surface area contributed by atoms with Crippen LogP contribution in [0.4, 0.5) is 13.2 Å². The summed E-state index contributed by atoms with van der Waals surface area (Å²) in [6, 6.07) is 4.83. The molecule has 0 saturated carbocycles. The van der Waals surface area contributed by atoms with E-state index in [-0.39, 0.29) is 24.7 Å². The van der Waals surface area contributed by atoms with E-state index < -0.39 is 12.8 Å². The van der Waals surface area contributed by atoms with Crippen LogP contribution in [0.3, 0.4) is 0 Å². The van der Waals surface area contributed by atoms with Gasteiger partial charge in [-0.15, -0.1) is 0 Å². The summed E-state index contributed by atoms with van der Waals surface area (Å²) in [5.74, 6) is 0.333. The third kappa shape index (κ3) is 5.38. The highest BCUT2D eigenvalue weighted by Gasteiger charge is 2.29. The first-order valence-electron chi connectivity index (χ1n) is 6.03. The number of para-hydroxylation sites is 1. The van der Waals surface area contributed by atoms with Gasteiger partial charge in [0.25, 0.3) is 0 Å². The Labute approximate surface area is 110 Å². The Morgan fingerprint density at radius 3 is 2.53 bits per heavy atom. The van der Waals surface area contributed by atoms with Gasteiger partial charge in [-0.2, -0.15) is 13.2 Å². The SMILES string of the molecule is CCCc1cccc(OCC(F)(F)F)c1OCCO. The molecule has 0 amide bonds.